The molecule has 1 N–H and O–H groups in total. The fourth-order valence-corrected chi connectivity index (χ4v) is 5.11. The molecule has 3 aromatic rings. The lowest BCUT2D eigenvalue weighted by Crippen LogP contribution is -2.43. The van der Waals surface area contributed by atoms with E-state index in [1.807, 2.05) is 10.7 Å². The third-order valence-electron chi connectivity index (χ3n) is 7.23. The van der Waals surface area contributed by atoms with Gasteiger partial charge < -0.3 is 23.7 Å². The molecular weight excluding hydrogens is 502 g/mol. The molecule has 0 aliphatic carbocycles. The molecule has 0 bridgehead atoms. The molecule has 3 heterocycles. The second-order valence-electron chi connectivity index (χ2n) is 11.5. The molecule has 1 aliphatic rings. The summed E-state index contributed by atoms with van der Waals surface area (Å²) >= 11 is 0. The number of fused-ring (bicyclic) bond motifs is 1. The zero-order chi connectivity index (χ0) is 27.3. The van der Waals surface area contributed by atoms with Gasteiger partial charge in [0, 0.05) is 12.0 Å². The maximum absolute atomic E-state index is 9.23. The van der Waals surface area contributed by atoms with E-state index in [1.54, 1.807) is 17.9 Å². The lowest BCUT2D eigenvalue weighted by atomic mass is 10.1. The van der Waals surface area contributed by atoms with E-state index in [0.29, 0.717) is 38.7 Å². The van der Waals surface area contributed by atoms with Crippen LogP contribution < -0.4 is 4.43 Å². The molecule has 2 atom stereocenters. The van der Waals surface area contributed by atoms with Gasteiger partial charge in [-0.25, -0.2) is 4.68 Å². The van der Waals surface area contributed by atoms with Crippen LogP contribution in [-0.2, 0) is 20.8 Å². The topological polar surface area (TPSA) is 106 Å². The Morgan fingerprint density at radius 2 is 1.92 bits per heavy atom. The van der Waals surface area contributed by atoms with E-state index in [-0.39, 0.29) is 11.3 Å². The lowest BCUT2D eigenvalue weighted by Gasteiger charge is -2.36. The highest BCUT2D eigenvalue weighted by Gasteiger charge is 2.39. The number of ether oxygens (including phenoxy) is 3. The summed E-state index contributed by atoms with van der Waals surface area (Å²) in [4.78, 5) is 1.63. The van der Waals surface area contributed by atoms with Crippen LogP contribution in [0.2, 0.25) is 18.1 Å². The predicted octanol–water partition coefficient (Wildman–Crippen LogP) is 4.79. The molecule has 0 radical (unpaired) electrons. The molecule has 1 fully saturated rings. The molecule has 0 spiro atoms. The number of nitrogens with zero attached hydrogens (tertiary/aromatic N) is 5. The van der Waals surface area contributed by atoms with Crippen molar-refractivity contribution in [3.63, 3.8) is 0 Å². The Labute approximate surface area is 226 Å². The third-order valence-corrected chi connectivity index (χ3v) is 11.6. The summed E-state index contributed by atoms with van der Waals surface area (Å²) in [5, 5.41) is 24.5. The molecule has 4 rings (SSSR count). The first-order valence-electron chi connectivity index (χ1n) is 13.6. The van der Waals surface area contributed by atoms with Crippen molar-refractivity contribution in [1.29, 1.82) is 0 Å². The summed E-state index contributed by atoms with van der Waals surface area (Å²) in [5.74, 6) is 0.855. The number of benzene rings is 1. The Morgan fingerprint density at radius 3 is 2.63 bits per heavy atom. The van der Waals surface area contributed by atoms with Crippen molar-refractivity contribution in [2.24, 2.45) is 0 Å². The number of hydrogen-bond donors (Lipinski definition) is 1. The third kappa shape index (κ3) is 7.00. The van der Waals surface area contributed by atoms with Gasteiger partial charge in [-0.2, -0.15) is 20.1 Å². The van der Waals surface area contributed by atoms with Crippen LogP contribution in [0.1, 0.15) is 53.2 Å². The van der Waals surface area contributed by atoms with Crippen LogP contribution in [-0.4, -0.2) is 77.3 Å². The van der Waals surface area contributed by atoms with Gasteiger partial charge in [-0.3, -0.25) is 0 Å². The number of rotatable bonds is 12. The highest BCUT2D eigenvalue weighted by molar-refractivity contribution is 6.74. The van der Waals surface area contributed by atoms with Crippen molar-refractivity contribution in [3.05, 3.63) is 24.4 Å². The zero-order valence-electron chi connectivity index (χ0n) is 23.6. The fraction of sp³-hybridized carbons (Fsp3) is 0.667. The van der Waals surface area contributed by atoms with Gasteiger partial charge in [0.1, 0.15) is 17.1 Å². The van der Waals surface area contributed by atoms with E-state index in [1.165, 1.54) is 0 Å². The van der Waals surface area contributed by atoms with Gasteiger partial charge in [0.25, 0.3) is 0 Å². The van der Waals surface area contributed by atoms with Crippen LogP contribution in [0.5, 0.6) is 5.75 Å². The maximum atomic E-state index is 9.23. The van der Waals surface area contributed by atoms with E-state index in [0.717, 1.165) is 48.2 Å². The minimum Gasteiger partial charge on any atom is -0.543 e. The van der Waals surface area contributed by atoms with Gasteiger partial charge in [0.05, 0.1) is 50.8 Å². The molecular formula is C27H43N5O5Si. The Kier molecular flexibility index (Phi) is 9.25. The summed E-state index contributed by atoms with van der Waals surface area (Å²) in [6, 6.07) is 6.23. The normalized spacial score (nSPS) is 17.7. The molecule has 11 heteroatoms. The molecule has 1 aromatic carbocycles. The predicted molar refractivity (Wildman–Crippen MR) is 149 cm³/mol. The van der Waals surface area contributed by atoms with Gasteiger partial charge in [-0.1, -0.05) is 20.8 Å². The van der Waals surface area contributed by atoms with E-state index in [2.05, 4.69) is 51.1 Å². The van der Waals surface area contributed by atoms with Crippen molar-refractivity contribution in [3.8, 4) is 17.1 Å². The SMILES string of the molecule is C[C@H](O)COCCOCCn1ncc(-c2nn(C3CCCCO3)c3ccc(O[Si](C)(C)C(C)(C)C)cc23)n1. The quantitative estimate of drug-likeness (QED) is 0.256. The van der Waals surface area contributed by atoms with Crippen LogP contribution in [0.3, 0.4) is 0 Å². The van der Waals surface area contributed by atoms with Gasteiger partial charge in [0.2, 0.25) is 8.32 Å². The van der Waals surface area contributed by atoms with Gasteiger partial charge >= 0.3 is 0 Å². The van der Waals surface area contributed by atoms with Gasteiger partial charge in [0.15, 0.2) is 6.23 Å². The van der Waals surface area contributed by atoms with Crippen LogP contribution in [0, 0.1) is 0 Å². The van der Waals surface area contributed by atoms with E-state index in [9.17, 15) is 5.11 Å². The van der Waals surface area contributed by atoms with Crippen molar-refractivity contribution in [2.75, 3.05) is 33.0 Å². The number of aliphatic hydroxyl groups excluding tert-OH is 1. The molecule has 1 aliphatic heterocycles. The molecule has 0 amide bonds. The highest BCUT2D eigenvalue weighted by Crippen LogP contribution is 2.39. The summed E-state index contributed by atoms with van der Waals surface area (Å²) in [6.45, 7) is 15.8. The van der Waals surface area contributed by atoms with Crippen LogP contribution in [0.25, 0.3) is 22.3 Å². The lowest BCUT2D eigenvalue weighted by molar-refractivity contribution is -0.0365. The van der Waals surface area contributed by atoms with Crippen LogP contribution in [0.4, 0.5) is 0 Å². The molecule has 1 saturated heterocycles. The standard InChI is InChI=1S/C27H43N5O5Si/c1-20(33)19-35-16-15-34-14-12-31-28-18-23(29-31)26-22-17-21(37-38(5,6)27(2,3)4)10-11-24(22)32(30-26)25-9-7-8-13-36-25/h10-11,17-18,20,25,33H,7-9,12-16,19H2,1-6H3/t20-,25?/m0/s1. The number of hydrogen-bond acceptors (Lipinski definition) is 8. The van der Waals surface area contributed by atoms with Crippen molar-refractivity contribution in [2.45, 2.75) is 84.0 Å². The van der Waals surface area contributed by atoms with Gasteiger partial charge in [-0.15, -0.1) is 0 Å². The smallest absolute Gasteiger partial charge is 0.250 e. The second-order valence-corrected chi connectivity index (χ2v) is 16.2. The minimum absolute atomic E-state index is 0.0911. The van der Waals surface area contributed by atoms with Crippen molar-refractivity contribution < 1.29 is 23.7 Å². The molecule has 1 unspecified atom stereocenters. The maximum Gasteiger partial charge on any atom is 0.250 e. The van der Waals surface area contributed by atoms with E-state index < -0.39 is 14.4 Å². The van der Waals surface area contributed by atoms with Crippen molar-refractivity contribution >= 4 is 19.2 Å². The monoisotopic (exact) mass is 545 g/mol. The summed E-state index contributed by atoms with van der Waals surface area (Å²) < 4.78 is 25.6. The molecule has 10 nitrogen and oxygen atoms in total. The Hall–Kier alpha value is -2.31. The zero-order valence-corrected chi connectivity index (χ0v) is 24.6. The van der Waals surface area contributed by atoms with E-state index in [4.69, 9.17) is 28.8 Å². The van der Waals surface area contributed by atoms with Crippen molar-refractivity contribution in [1.82, 2.24) is 24.8 Å². The Balaban J connectivity index is 1.54. The summed E-state index contributed by atoms with van der Waals surface area (Å²) in [7, 11) is -2.00. The molecule has 2 aromatic heterocycles. The van der Waals surface area contributed by atoms with Gasteiger partial charge in [-0.05, 0) is 62.5 Å². The summed E-state index contributed by atoms with van der Waals surface area (Å²) in [6.07, 6.45) is 4.32. The molecule has 210 valence electrons. The van der Waals surface area contributed by atoms with Crippen LogP contribution in [0.15, 0.2) is 24.4 Å². The first kappa shape index (κ1) is 28.7. The minimum atomic E-state index is -2.00. The van der Waals surface area contributed by atoms with Crippen LogP contribution >= 0.6 is 0 Å². The van der Waals surface area contributed by atoms with E-state index >= 15 is 0 Å². The first-order valence-corrected chi connectivity index (χ1v) is 16.5. The highest BCUT2D eigenvalue weighted by atomic mass is 28.4. The number of aromatic nitrogens is 5. The Bertz CT molecular complexity index is 1180. The largest absolute Gasteiger partial charge is 0.543 e. The average molecular weight is 546 g/mol. The first-order chi connectivity index (χ1) is 18.0. The fourth-order valence-electron chi connectivity index (χ4n) is 4.09. The second kappa shape index (κ2) is 12.2. The molecule has 0 saturated carbocycles. The molecule has 38 heavy (non-hydrogen) atoms. The Morgan fingerprint density at radius 1 is 1.13 bits per heavy atom. The average Bonchev–Trinajstić information content (AvgIpc) is 3.47. The number of aliphatic hydroxyl groups is 1. The summed E-state index contributed by atoms with van der Waals surface area (Å²) in [5.41, 5.74) is 2.48.